The molecule has 96 valence electrons. The molecule has 1 aromatic carbocycles. The van der Waals surface area contributed by atoms with Crippen molar-refractivity contribution in [3.63, 3.8) is 0 Å². The zero-order chi connectivity index (χ0) is 12.9. The average molecular weight is 301 g/mol. The van der Waals surface area contributed by atoms with Gasteiger partial charge in [-0.3, -0.25) is 11.3 Å². The summed E-state index contributed by atoms with van der Waals surface area (Å²) in [5, 5.41) is 0. The van der Waals surface area contributed by atoms with Gasteiger partial charge in [0.15, 0.2) is 0 Å². The van der Waals surface area contributed by atoms with E-state index < -0.39 is 0 Å². The van der Waals surface area contributed by atoms with Gasteiger partial charge in [0.05, 0.1) is 5.60 Å². The number of hydrazine groups is 1. The van der Waals surface area contributed by atoms with E-state index in [0.29, 0.717) is 0 Å². The number of benzene rings is 1. The molecule has 0 aliphatic rings. The van der Waals surface area contributed by atoms with Crippen LogP contribution in [0.3, 0.4) is 0 Å². The smallest absolute Gasteiger partial charge is 0.0623 e. The average Bonchev–Trinajstić information content (AvgIpc) is 2.32. The minimum absolute atomic E-state index is 0.107. The molecule has 1 rings (SSSR count). The van der Waals surface area contributed by atoms with Gasteiger partial charge >= 0.3 is 0 Å². The van der Waals surface area contributed by atoms with Gasteiger partial charge in [-0.15, -0.1) is 0 Å². The second kappa shape index (κ2) is 6.50. The molecule has 0 heterocycles. The van der Waals surface area contributed by atoms with Gasteiger partial charge in [0.25, 0.3) is 0 Å². The third kappa shape index (κ3) is 4.76. The van der Waals surface area contributed by atoms with E-state index >= 15 is 0 Å². The summed E-state index contributed by atoms with van der Waals surface area (Å²) < 4.78 is 6.49. The van der Waals surface area contributed by atoms with E-state index in [2.05, 4.69) is 47.3 Å². The fourth-order valence-electron chi connectivity index (χ4n) is 1.64. The van der Waals surface area contributed by atoms with Crippen molar-refractivity contribution in [1.82, 2.24) is 5.43 Å². The van der Waals surface area contributed by atoms with Crippen molar-refractivity contribution in [1.29, 1.82) is 0 Å². The van der Waals surface area contributed by atoms with Crippen LogP contribution >= 0.6 is 15.9 Å². The molecule has 0 aliphatic heterocycles. The van der Waals surface area contributed by atoms with Crippen LogP contribution in [0.2, 0.25) is 0 Å². The Hall–Kier alpha value is -0.420. The maximum Gasteiger partial charge on any atom is 0.0623 e. The van der Waals surface area contributed by atoms with Crippen molar-refractivity contribution in [2.45, 2.75) is 38.3 Å². The summed E-state index contributed by atoms with van der Waals surface area (Å²) in [6.07, 6.45) is 1.90. The maximum atomic E-state index is 5.61. The maximum absolute atomic E-state index is 5.61. The molecule has 0 bridgehead atoms. The van der Waals surface area contributed by atoms with E-state index in [0.717, 1.165) is 17.3 Å². The molecule has 4 heteroatoms. The van der Waals surface area contributed by atoms with Gasteiger partial charge in [0.1, 0.15) is 0 Å². The first-order valence-electron chi connectivity index (χ1n) is 5.75. The fourth-order valence-corrected chi connectivity index (χ4v) is 1.90. The highest BCUT2D eigenvalue weighted by Crippen LogP contribution is 2.24. The number of nitrogens with two attached hydrogens (primary N) is 1. The van der Waals surface area contributed by atoms with Crippen molar-refractivity contribution in [2.24, 2.45) is 5.84 Å². The number of methoxy groups -OCH3 is 1. The van der Waals surface area contributed by atoms with Crippen molar-refractivity contribution in [2.75, 3.05) is 7.11 Å². The topological polar surface area (TPSA) is 47.3 Å². The lowest BCUT2D eigenvalue weighted by Gasteiger charge is -2.25. The van der Waals surface area contributed by atoms with Gasteiger partial charge < -0.3 is 4.74 Å². The van der Waals surface area contributed by atoms with Crippen LogP contribution in [0, 0.1) is 0 Å². The molecule has 3 nitrogen and oxygen atoms in total. The van der Waals surface area contributed by atoms with Crippen LogP contribution in [0.15, 0.2) is 28.7 Å². The molecule has 0 fully saturated rings. The van der Waals surface area contributed by atoms with Gasteiger partial charge in [-0.1, -0.05) is 28.1 Å². The Labute approximate surface area is 112 Å². The van der Waals surface area contributed by atoms with Gasteiger partial charge in [-0.05, 0) is 44.4 Å². The first kappa shape index (κ1) is 14.6. The number of hydrogen-bond acceptors (Lipinski definition) is 3. The van der Waals surface area contributed by atoms with Crippen molar-refractivity contribution < 1.29 is 4.74 Å². The number of halogens is 1. The molecule has 1 atom stereocenters. The molecular weight excluding hydrogens is 280 g/mol. The molecule has 3 N–H and O–H groups in total. The highest BCUT2D eigenvalue weighted by Gasteiger charge is 2.19. The molecule has 0 aromatic heterocycles. The molecule has 0 spiro atoms. The van der Waals surface area contributed by atoms with Crippen molar-refractivity contribution >= 4 is 15.9 Å². The summed E-state index contributed by atoms with van der Waals surface area (Å²) in [5.74, 6) is 5.61. The Bertz CT molecular complexity index is 338. The minimum Gasteiger partial charge on any atom is -0.379 e. The summed E-state index contributed by atoms with van der Waals surface area (Å²) >= 11 is 3.43. The SMILES string of the molecule is COC(C)(C)CCC(NN)c1ccc(Br)cc1. The van der Waals surface area contributed by atoms with E-state index in [-0.39, 0.29) is 11.6 Å². The predicted molar refractivity (Wildman–Crippen MR) is 74.5 cm³/mol. The fraction of sp³-hybridized carbons (Fsp3) is 0.538. The molecule has 0 aliphatic carbocycles. The molecule has 1 unspecified atom stereocenters. The van der Waals surface area contributed by atoms with E-state index in [1.165, 1.54) is 5.56 Å². The molecule has 0 radical (unpaired) electrons. The molecule has 17 heavy (non-hydrogen) atoms. The van der Waals surface area contributed by atoms with Gasteiger partial charge in [-0.25, -0.2) is 0 Å². The van der Waals surface area contributed by atoms with Crippen molar-refractivity contribution in [3.05, 3.63) is 34.3 Å². The Morgan fingerprint density at radius 1 is 1.35 bits per heavy atom. The van der Waals surface area contributed by atoms with E-state index in [1.807, 2.05) is 12.1 Å². The third-order valence-electron chi connectivity index (χ3n) is 3.06. The summed E-state index contributed by atoms with van der Waals surface area (Å²) in [6.45, 7) is 4.17. The van der Waals surface area contributed by atoms with Crippen LogP contribution in [-0.4, -0.2) is 12.7 Å². The van der Waals surface area contributed by atoms with E-state index in [4.69, 9.17) is 10.6 Å². The monoisotopic (exact) mass is 300 g/mol. The largest absolute Gasteiger partial charge is 0.379 e. The highest BCUT2D eigenvalue weighted by molar-refractivity contribution is 9.10. The zero-order valence-corrected chi connectivity index (χ0v) is 12.3. The van der Waals surface area contributed by atoms with E-state index in [9.17, 15) is 0 Å². The lowest BCUT2D eigenvalue weighted by atomic mass is 9.95. The van der Waals surface area contributed by atoms with E-state index in [1.54, 1.807) is 7.11 Å². The predicted octanol–water partition coefficient (Wildman–Crippen LogP) is 3.16. The minimum atomic E-state index is -0.107. The van der Waals surface area contributed by atoms with Crippen molar-refractivity contribution in [3.8, 4) is 0 Å². The highest BCUT2D eigenvalue weighted by atomic mass is 79.9. The Morgan fingerprint density at radius 3 is 2.41 bits per heavy atom. The molecule has 1 aromatic rings. The first-order valence-corrected chi connectivity index (χ1v) is 6.54. The summed E-state index contributed by atoms with van der Waals surface area (Å²) in [6, 6.07) is 8.38. The standard InChI is InChI=1S/C13H21BrN2O/c1-13(2,17-3)9-8-12(16-15)10-4-6-11(14)7-5-10/h4-7,12,16H,8-9,15H2,1-3H3. The molecule has 0 amide bonds. The first-order chi connectivity index (χ1) is 7.98. The Kier molecular flexibility index (Phi) is 5.59. The quantitative estimate of drug-likeness (QED) is 0.627. The normalized spacial score (nSPS) is 13.7. The Balaban J connectivity index is 2.63. The van der Waals surface area contributed by atoms with Crippen LogP contribution in [0.25, 0.3) is 0 Å². The second-order valence-corrected chi connectivity index (χ2v) is 5.69. The van der Waals surface area contributed by atoms with Gasteiger partial charge in [0, 0.05) is 17.6 Å². The number of rotatable bonds is 6. The Morgan fingerprint density at radius 2 is 1.94 bits per heavy atom. The van der Waals surface area contributed by atoms with Crippen LogP contribution in [0.5, 0.6) is 0 Å². The second-order valence-electron chi connectivity index (χ2n) is 4.77. The third-order valence-corrected chi connectivity index (χ3v) is 3.59. The van der Waals surface area contributed by atoms with Gasteiger partial charge in [-0.2, -0.15) is 0 Å². The molecule has 0 saturated carbocycles. The van der Waals surface area contributed by atoms with Crippen LogP contribution in [0.4, 0.5) is 0 Å². The number of ether oxygens (including phenoxy) is 1. The summed E-state index contributed by atoms with van der Waals surface area (Å²) in [4.78, 5) is 0. The number of hydrogen-bond donors (Lipinski definition) is 2. The lowest BCUT2D eigenvalue weighted by Crippen LogP contribution is -2.31. The number of nitrogens with one attached hydrogen (secondary N) is 1. The summed E-state index contributed by atoms with van der Waals surface area (Å²) in [5.41, 5.74) is 3.95. The lowest BCUT2D eigenvalue weighted by molar-refractivity contribution is 0.0117. The van der Waals surface area contributed by atoms with Gasteiger partial charge in [0.2, 0.25) is 0 Å². The van der Waals surface area contributed by atoms with Crippen LogP contribution in [0.1, 0.15) is 38.3 Å². The van der Waals surface area contributed by atoms with Crippen LogP contribution in [-0.2, 0) is 4.74 Å². The summed E-state index contributed by atoms with van der Waals surface area (Å²) in [7, 11) is 1.74. The molecular formula is C13H21BrN2O. The molecule has 0 saturated heterocycles. The van der Waals surface area contributed by atoms with Crippen LogP contribution < -0.4 is 11.3 Å². The zero-order valence-electron chi connectivity index (χ0n) is 10.7.